The zero-order valence-electron chi connectivity index (χ0n) is 75.7. The number of para-hydroxylation sites is 1. The minimum atomic E-state index is -0.624. The van der Waals surface area contributed by atoms with E-state index in [1.54, 1.807) is 0 Å². The maximum atomic E-state index is 2.50. The number of nitrogens with zero attached hydrogens (tertiary/aromatic N) is 2. The molecular formula is C136H88N2. The maximum absolute atomic E-state index is 2.50. The third kappa shape index (κ3) is 11.3. The van der Waals surface area contributed by atoms with Crippen molar-refractivity contribution in [2.24, 2.45) is 0 Å². The quantitative estimate of drug-likeness (QED) is 0.114. The summed E-state index contributed by atoms with van der Waals surface area (Å²) in [6.07, 6.45) is 0. The fourth-order valence-corrected chi connectivity index (χ4v) is 25.6. The second-order valence-corrected chi connectivity index (χ2v) is 37.8. The number of anilines is 6. The van der Waals surface area contributed by atoms with E-state index in [4.69, 9.17) is 0 Å². The Morgan fingerprint density at radius 3 is 0.616 bits per heavy atom. The third-order valence-electron chi connectivity index (χ3n) is 31.3. The Bertz CT molecular complexity index is 8440. The highest BCUT2D eigenvalue weighted by Crippen LogP contribution is 2.71. The van der Waals surface area contributed by atoms with E-state index in [9.17, 15) is 0 Å². The summed E-state index contributed by atoms with van der Waals surface area (Å²) >= 11 is 0. The Balaban J connectivity index is 0.508. The molecule has 0 saturated heterocycles. The lowest BCUT2D eigenvalue weighted by molar-refractivity contribution is 0.633. The minimum absolute atomic E-state index is 0.515. The van der Waals surface area contributed by atoms with Gasteiger partial charge in [-0.3, -0.25) is 0 Å². The molecule has 0 heterocycles. The van der Waals surface area contributed by atoms with Crippen LogP contribution in [0.4, 0.5) is 34.1 Å². The molecule has 0 atom stereocenters. The number of fused-ring (bicyclic) bond motifs is 32. The molecule has 0 bridgehead atoms. The first-order valence-electron chi connectivity index (χ1n) is 48.2. The number of rotatable bonds is 13. The fraction of sp³-hybridized carbons (Fsp3) is 0.0294. The minimum Gasteiger partial charge on any atom is -0.311 e. The van der Waals surface area contributed by atoms with Crippen LogP contribution in [-0.2, 0) is 21.7 Å². The molecule has 138 heavy (non-hydrogen) atoms. The highest BCUT2D eigenvalue weighted by molar-refractivity contribution is 6.01. The predicted molar refractivity (Wildman–Crippen MR) is 570 cm³/mol. The number of hydrogen-bond donors (Lipinski definition) is 0. The zero-order valence-corrected chi connectivity index (χ0v) is 75.7. The summed E-state index contributed by atoms with van der Waals surface area (Å²) in [5, 5.41) is 0. The molecule has 642 valence electrons. The average Bonchev–Trinajstić information content (AvgIpc) is 1.46. The van der Waals surface area contributed by atoms with Crippen molar-refractivity contribution in [3.63, 3.8) is 0 Å². The fourth-order valence-electron chi connectivity index (χ4n) is 25.6. The van der Waals surface area contributed by atoms with Gasteiger partial charge in [0.15, 0.2) is 0 Å². The molecule has 0 aromatic heterocycles. The van der Waals surface area contributed by atoms with E-state index in [1.807, 2.05) is 0 Å². The molecule has 28 rings (SSSR count). The van der Waals surface area contributed by atoms with Crippen LogP contribution in [0.5, 0.6) is 0 Å². The van der Waals surface area contributed by atoms with E-state index < -0.39 is 21.7 Å². The summed E-state index contributed by atoms with van der Waals surface area (Å²) in [5.74, 6) is 0. The second kappa shape index (κ2) is 31.0. The van der Waals surface area contributed by atoms with Gasteiger partial charge in [0, 0.05) is 34.0 Å². The predicted octanol–water partition coefficient (Wildman–Crippen LogP) is 34.4. The Morgan fingerprint density at radius 1 is 0.101 bits per heavy atom. The van der Waals surface area contributed by atoms with Gasteiger partial charge in [0.05, 0.1) is 27.3 Å². The second-order valence-electron chi connectivity index (χ2n) is 37.8. The van der Waals surface area contributed by atoms with Crippen molar-refractivity contribution in [3.8, 4) is 122 Å². The molecule has 2 nitrogen and oxygen atoms in total. The van der Waals surface area contributed by atoms with Gasteiger partial charge in [-0.25, -0.2) is 0 Å². The number of hydrogen-bond acceptors (Lipinski definition) is 2. The topological polar surface area (TPSA) is 6.48 Å². The van der Waals surface area contributed by atoms with Gasteiger partial charge in [0.2, 0.25) is 0 Å². The van der Waals surface area contributed by atoms with Crippen molar-refractivity contribution < 1.29 is 0 Å². The monoisotopic (exact) mass is 1750 g/mol. The number of benzene rings is 22. The Kier molecular flexibility index (Phi) is 17.8. The van der Waals surface area contributed by atoms with E-state index in [2.05, 4.69) is 544 Å². The van der Waals surface area contributed by atoms with E-state index in [-0.39, 0.29) is 0 Å². The van der Waals surface area contributed by atoms with Crippen molar-refractivity contribution >= 4 is 34.1 Å². The molecule has 22 aromatic rings. The average molecular weight is 1750 g/mol. The normalized spacial score (nSPS) is 13.9. The van der Waals surface area contributed by atoms with Gasteiger partial charge < -0.3 is 9.80 Å². The van der Waals surface area contributed by atoms with Crippen LogP contribution in [0.1, 0.15) is 89.0 Å². The molecule has 0 radical (unpaired) electrons. The lowest BCUT2D eigenvalue weighted by atomic mass is 9.52. The molecule has 6 aliphatic rings. The van der Waals surface area contributed by atoms with Gasteiger partial charge in [0.1, 0.15) is 0 Å². The summed E-state index contributed by atoms with van der Waals surface area (Å²) in [4.78, 5) is 4.84. The van der Waals surface area contributed by atoms with Crippen LogP contribution < -0.4 is 9.80 Å². The molecule has 0 saturated carbocycles. The summed E-state index contributed by atoms with van der Waals surface area (Å²) in [7, 11) is 0. The van der Waals surface area contributed by atoms with Crippen LogP contribution in [0.25, 0.3) is 122 Å². The summed E-state index contributed by atoms with van der Waals surface area (Å²) in [5.41, 5.74) is 51.8. The van der Waals surface area contributed by atoms with E-state index in [1.165, 1.54) is 178 Å². The van der Waals surface area contributed by atoms with Gasteiger partial charge in [0.25, 0.3) is 0 Å². The van der Waals surface area contributed by atoms with Crippen LogP contribution in [0.3, 0.4) is 0 Å². The SMILES string of the molecule is c1ccc(-c2ccc(N(c3ccc(-c4ccccc4)cc3)c3ccc(-c4ccc5c(c4)-c4ccccc4C54c5ccccc5C5(c6ccccc6-c6cc(-c7ccc(-c8ccc(N(c9cccc(-c%10ccccc%10)c9)c9ccccc9-c9ccc%10c(c9)-c9ccccc9C%109c%10ccccc%10C%10(c%11ccccc%11-c%11ccccc%11%10)c%10ccccc%109)cc8)cc7)ccc65)c5ccccc54)cc3)cc2)cc1. The van der Waals surface area contributed by atoms with Crippen LogP contribution in [0.2, 0.25) is 0 Å². The molecule has 6 aliphatic carbocycles. The van der Waals surface area contributed by atoms with Crippen LogP contribution in [0.15, 0.2) is 534 Å². The molecule has 2 heteroatoms. The molecular weight excluding hydrogens is 1660 g/mol. The van der Waals surface area contributed by atoms with Gasteiger partial charge >= 0.3 is 0 Å². The Hall–Kier alpha value is -17.6. The molecule has 0 amide bonds. The molecule has 0 fully saturated rings. The van der Waals surface area contributed by atoms with E-state index in [0.717, 1.165) is 67.5 Å². The van der Waals surface area contributed by atoms with Crippen molar-refractivity contribution in [2.75, 3.05) is 9.80 Å². The van der Waals surface area contributed by atoms with Crippen molar-refractivity contribution in [1.29, 1.82) is 0 Å². The molecule has 0 aliphatic heterocycles. The first kappa shape index (κ1) is 79.0. The van der Waals surface area contributed by atoms with Crippen molar-refractivity contribution in [1.82, 2.24) is 0 Å². The lowest BCUT2D eigenvalue weighted by Crippen LogP contribution is -2.43. The lowest BCUT2D eigenvalue weighted by Gasteiger charge is -2.48. The van der Waals surface area contributed by atoms with E-state index >= 15 is 0 Å². The van der Waals surface area contributed by atoms with Crippen LogP contribution in [-0.4, -0.2) is 0 Å². The molecule has 0 unspecified atom stereocenters. The molecule has 22 aromatic carbocycles. The Morgan fingerprint density at radius 2 is 0.297 bits per heavy atom. The standard InChI is InChI=1S/C136H88N2/c1-4-31-89(32-5-1)93-63-74-102(75-64-93)137(103-76-65-94(66-77-103)90-33-6-2-7-34-90)104-78-69-97(70-79-104)100-72-83-122-114(87-100)111-43-13-19-48-119(111)135(122)130-56-27-25-54-128(130)134(129-55-26-28-57-131(129)135)118-47-18-12-42-110(118)113-86-99(71-82-121(113)134)96-61-59-92(60-62-96)95-67-80-105(81-68-95)138(106-38-30-37-98(85-106)91-35-8-3-9-36-91)132-58-29-15-39-107(132)101-73-84-123-115(88-101)112-44-14-20-49-120(112)136(123)126-52-23-21-50-124(126)133(125-51-22-24-53-127(125)136)116-45-16-10-40-108(116)109-41-11-17-46-117(109)133/h1-88H. The third-order valence-corrected chi connectivity index (χ3v) is 31.3. The van der Waals surface area contributed by atoms with Gasteiger partial charge in [-0.15, -0.1) is 0 Å². The first-order chi connectivity index (χ1) is 68.4. The summed E-state index contributed by atoms with van der Waals surface area (Å²) < 4.78 is 0. The Labute approximate surface area is 805 Å². The van der Waals surface area contributed by atoms with Gasteiger partial charge in [-0.2, -0.15) is 0 Å². The highest BCUT2D eigenvalue weighted by Gasteiger charge is 2.61. The summed E-state index contributed by atoms with van der Waals surface area (Å²) in [6, 6.07) is 202. The largest absolute Gasteiger partial charge is 0.311 e. The smallest absolute Gasteiger partial charge is 0.0720 e. The van der Waals surface area contributed by atoms with Crippen molar-refractivity contribution in [3.05, 3.63) is 623 Å². The van der Waals surface area contributed by atoms with E-state index in [0.29, 0.717) is 0 Å². The summed E-state index contributed by atoms with van der Waals surface area (Å²) in [6.45, 7) is 0. The molecule has 0 N–H and O–H groups in total. The zero-order chi connectivity index (χ0) is 90.8. The highest BCUT2D eigenvalue weighted by atomic mass is 15.1. The van der Waals surface area contributed by atoms with Crippen LogP contribution in [0, 0.1) is 0 Å². The maximum Gasteiger partial charge on any atom is 0.0720 e. The molecule has 4 spiro atoms. The van der Waals surface area contributed by atoms with Gasteiger partial charge in [-0.1, -0.05) is 449 Å². The van der Waals surface area contributed by atoms with Crippen LogP contribution >= 0.6 is 0 Å². The first-order valence-corrected chi connectivity index (χ1v) is 48.2. The van der Waals surface area contributed by atoms with Crippen molar-refractivity contribution in [2.45, 2.75) is 21.7 Å². The van der Waals surface area contributed by atoms with Gasteiger partial charge in [-0.05, 0) is 291 Å².